The number of hydrogen-bond donors (Lipinski definition) is 1. The third-order valence-corrected chi connectivity index (χ3v) is 4.98. The molecule has 0 radical (unpaired) electrons. The largest absolute Gasteiger partial charge is 1.00 e. The molecular formula is C17H31CsO3. The van der Waals surface area contributed by atoms with Crippen molar-refractivity contribution in [2.75, 3.05) is 0 Å². The van der Waals surface area contributed by atoms with Crippen molar-refractivity contribution in [3.05, 3.63) is 0 Å². The van der Waals surface area contributed by atoms with Crippen LogP contribution >= 0.6 is 0 Å². The van der Waals surface area contributed by atoms with Gasteiger partial charge in [-0.25, -0.2) is 0 Å². The van der Waals surface area contributed by atoms with Gasteiger partial charge in [0.2, 0.25) is 0 Å². The van der Waals surface area contributed by atoms with Gasteiger partial charge in [-0.2, -0.15) is 0 Å². The van der Waals surface area contributed by atoms with Crippen LogP contribution in [0.25, 0.3) is 0 Å². The average Bonchev–Trinajstić information content (AvgIpc) is 2.24. The van der Waals surface area contributed by atoms with Crippen molar-refractivity contribution in [1.29, 1.82) is 0 Å². The number of aliphatic hydroxyl groups excluding tert-OH is 1. The molecule has 1 rings (SSSR count). The minimum absolute atomic E-state index is 0. The molecule has 0 spiro atoms. The van der Waals surface area contributed by atoms with Crippen LogP contribution in [0, 0.1) is 28.6 Å². The zero-order chi connectivity index (χ0) is 15.7. The quantitative estimate of drug-likeness (QED) is 0.683. The van der Waals surface area contributed by atoms with Crippen LogP contribution in [0.3, 0.4) is 0 Å². The molecule has 1 fully saturated rings. The summed E-state index contributed by atoms with van der Waals surface area (Å²) in [6, 6.07) is 0. The fourth-order valence-electron chi connectivity index (χ4n) is 3.66. The SMILES string of the molecule is CC(C)(C)C1CC(CCC(=O)[O-])CC(C(C)(C)C)C1O.[Cs+]. The van der Waals surface area contributed by atoms with Gasteiger partial charge in [0.15, 0.2) is 0 Å². The Morgan fingerprint density at radius 3 is 1.71 bits per heavy atom. The molecule has 0 saturated heterocycles. The smallest absolute Gasteiger partial charge is 0.550 e. The van der Waals surface area contributed by atoms with Gasteiger partial charge < -0.3 is 15.0 Å². The van der Waals surface area contributed by atoms with Gasteiger partial charge >= 0.3 is 68.9 Å². The fraction of sp³-hybridized carbons (Fsp3) is 0.941. The second-order valence-electron chi connectivity index (χ2n) is 8.68. The molecule has 3 nitrogen and oxygen atoms in total. The first-order chi connectivity index (χ1) is 8.93. The molecule has 1 N–H and O–H groups in total. The second-order valence-corrected chi connectivity index (χ2v) is 8.68. The Labute approximate surface area is 189 Å². The van der Waals surface area contributed by atoms with E-state index in [0.29, 0.717) is 12.3 Å². The van der Waals surface area contributed by atoms with E-state index in [4.69, 9.17) is 0 Å². The molecule has 21 heavy (non-hydrogen) atoms. The van der Waals surface area contributed by atoms with Crippen LogP contribution in [-0.2, 0) is 4.79 Å². The maximum atomic E-state index is 10.8. The van der Waals surface area contributed by atoms with E-state index in [1.807, 2.05) is 0 Å². The maximum Gasteiger partial charge on any atom is 1.00 e. The molecule has 2 atom stereocenters. The van der Waals surface area contributed by atoms with Crippen LogP contribution < -0.4 is 74.0 Å². The molecule has 2 unspecified atom stereocenters. The van der Waals surface area contributed by atoms with Crippen molar-refractivity contribution in [3.63, 3.8) is 0 Å². The van der Waals surface area contributed by atoms with Gasteiger partial charge in [0.1, 0.15) is 0 Å². The molecule has 4 heteroatoms. The minimum Gasteiger partial charge on any atom is -0.550 e. The Morgan fingerprint density at radius 2 is 1.43 bits per heavy atom. The predicted octanol–water partition coefficient (Wildman–Crippen LogP) is -0.384. The number of carbonyl (C=O) groups is 1. The van der Waals surface area contributed by atoms with E-state index in [-0.39, 0.29) is 104 Å². The fourth-order valence-corrected chi connectivity index (χ4v) is 3.66. The van der Waals surface area contributed by atoms with Crippen molar-refractivity contribution in [2.45, 2.75) is 73.3 Å². The van der Waals surface area contributed by atoms with Gasteiger partial charge in [-0.05, 0) is 54.3 Å². The molecule has 118 valence electrons. The van der Waals surface area contributed by atoms with Gasteiger partial charge in [-0.1, -0.05) is 41.5 Å². The van der Waals surface area contributed by atoms with E-state index in [1.165, 1.54) is 0 Å². The van der Waals surface area contributed by atoms with Crippen LogP contribution in [0.5, 0.6) is 0 Å². The van der Waals surface area contributed by atoms with Crippen LogP contribution in [0.4, 0.5) is 0 Å². The summed E-state index contributed by atoms with van der Waals surface area (Å²) < 4.78 is 0. The van der Waals surface area contributed by atoms with Gasteiger partial charge in [0, 0.05) is 5.97 Å². The molecule has 0 aliphatic heterocycles. The van der Waals surface area contributed by atoms with Gasteiger partial charge in [-0.15, -0.1) is 0 Å². The minimum atomic E-state index is -0.962. The van der Waals surface area contributed by atoms with Crippen molar-refractivity contribution in [1.82, 2.24) is 0 Å². The molecular weight excluding hydrogens is 385 g/mol. The monoisotopic (exact) mass is 416 g/mol. The molecule has 1 aliphatic carbocycles. The number of hydrogen-bond acceptors (Lipinski definition) is 3. The molecule has 0 aromatic rings. The predicted molar refractivity (Wildman–Crippen MR) is 78.9 cm³/mol. The third-order valence-electron chi connectivity index (χ3n) is 4.98. The van der Waals surface area contributed by atoms with E-state index in [2.05, 4.69) is 41.5 Å². The Bertz CT molecular complexity index is 317. The first-order valence-corrected chi connectivity index (χ1v) is 7.81. The first-order valence-electron chi connectivity index (χ1n) is 7.81. The number of aliphatic carboxylic acids is 1. The zero-order valence-corrected chi connectivity index (χ0v) is 21.2. The molecule has 0 heterocycles. The summed E-state index contributed by atoms with van der Waals surface area (Å²) in [5.41, 5.74) is 0.0894. The van der Waals surface area contributed by atoms with Gasteiger partial charge in [0.05, 0.1) is 6.10 Å². The molecule has 0 aromatic carbocycles. The number of carbonyl (C=O) groups excluding carboxylic acids is 1. The topological polar surface area (TPSA) is 60.4 Å². The number of carboxylic acid groups (broad SMARTS) is 1. The third kappa shape index (κ3) is 6.86. The molecule has 0 amide bonds. The summed E-state index contributed by atoms with van der Waals surface area (Å²) in [4.78, 5) is 10.7. The van der Waals surface area contributed by atoms with Gasteiger partial charge in [0.25, 0.3) is 0 Å². The molecule has 1 aliphatic rings. The van der Waals surface area contributed by atoms with Crippen LogP contribution in [-0.4, -0.2) is 17.2 Å². The van der Waals surface area contributed by atoms with Crippen LogP contribution in [0.15, 0.2) is 0 Å². The summed E-state index contributed by atoms with van der Waals surface area (Å²) in [6.45, 7) is 13.0. The van der Waals surface area contributed by atoms with Crippen molar-refractivity contribution >= 4 is 5.97 Å². The first kappa shape index (κ1) is 22.5. The van der Waals surface area contributed by atoms with E-state index >= 15 is 0 Å². The van der Waals surface area contributed by atoms with E-state index < -0.39 is 5.97 Å². The normalized spacial score (nSPS) is 30.6. The average molecular weight is 416 g/mol. The molecule has 1 saturated carbocycles. The Kier molecular flexibility index (Phi) is 9.14. The van der Waals surface area contributed by atoms with Crippen LogP contribution in [0.1, 0.15) is 67.2 Å². The standard InChI is InChI=1S/C17H32O3.Cs/c1-16(2,3)12-9-11(7-8-14(18)19)10-13(15(12)20)17(4,5)6;/h11-13,15,20H,7-10H2,1-6H3,(H,18,19);/q;+1/p-1. The maximum absolute atomic E-state index is 10.8. The Morgan fingerprint density at radius 1 is 1.05 bits per heavy atom. The van der Waals surface area contributed by atoms with Gasteiger partial charge in [-0.3, -0.25) is 0 Å². The van der Waals surface area contributed by atoms with Crippen LogP contribution in [0.2, 0.25) is 0 Å². The number of rotatable bonds is 3. The number of carboxylic acids is 1. The van der Waals surface area contributed by atoms with E-state index in [9.17, 15) is 15.0 Å². The Hall–Kier alpha value is 1.48. The summed E-state index contributed by atoms with van der Waals surface area (Å²) in [5, 5.41) is 21.5. The second kappa shape index (κ2) is 8.54. The van der Waals surface area contributed by atoms with Crippen molar-refractivity contribution < 1.29 is 83.9 Å². The van der Waals surface area contributed by atoms with E-state index in [1.54, 1.807) is 0 Å². The Balaban J connectivity index is 0.00000400. The zero-order valence-electron chi connectivity index (χ0n) is 14.9. The van der Waals surface area contributed by atoms with E-state index in [0.717, 1.165) is 12.8 Å². The molecule has 0 aromatic heterocycles. The summed E-state index contributed by atoms with van der Waals surface area (Å²) >= 11 is 0. The van der Waals surface area contributed by atoms with Crippen molar-refractivity contribution in [2.24, 2.45) is 28.6 Å². The van der Waals surface area contributed by atoms with Crippen molar-refractivity contribution in [3.8, 4) is 0 Å². The number of aliphatic hydroxyl groups is 1. The summed E-state index contributed by atoms with van der Waals surface area (Å²) in [6.07, 6.45) is 2.35. The summed E-state index contributed by atoms with van der Waals surface area (Å²) in [7, 11) is 0. The molecule has 0 bridgehead atoms. The summed E-state index contributed by atoms with van der Waals surface area (Å²) in [5.74, 6) is -0.125.